The highest BCUT2D eigenvalue weighted by molar-refractivity contribution is 5.97. The molecule has 0 aromatic carbocycles. The molecule has 1 amide bonds. The van der Waals surface area contributed by atoms with Gasteiger partial charge in [0.05, 0.1) is 6.61 Å². The normalized spacial score (nSPS) is 21.8. The van der Waals surface area contributed by atoms with Crippen LogP contribution in [0.2, 0.25) is 0 Å². The Morgan fingerprint density at radius 3 is 2.32 bits per heavy atom. The highest BCUT2D eigenvalue weighted by atomic mass is 16.3. The van der Waals surface area contributed by atoms with Crippen molar-refractivity contribution in [3.8, 4) is 6.07 Å². The van der Waals surface area contributed by atoms with Crippen molar-refractivity contribution in [1.82, 2.24) is 19.6 Å². The number of nitriles is 1. The highest BCUT2D eigenvalue weighted by Gasteiger charge is 2.23. The van der Waals surface area contributed by atoms with Gasteiger partial charge in [-0.25, -0.2) is 0 Å². The zero-order valence-electron chi connectivity index (χ0n) is 13.2. The van der Waals surface area contributed by atoms with Crippen molar-refractivity contribution in [2.75, 3.05) is 72.6 Å². The molecule has 122 valence electrons. The fourth-order valence-corrected chi connectivity index (χ4v) is 2.75. The topological polar surface area (TPSA) is 74.1 Å². The Morgan fingerprint density at radius 1 is 1.14 bits per heavy atom. The minimum Gasteiger partial charge on any atom is -0.395 e. The van der Waals surface area contributed by atoms with E-state index in [9.17, 15) is 10.1 Å². The molecule has 0 atom stereocenters. The van der Waals surface area contributed by atoms with Crippen molar-refractivity contribution < 1.29 is 9.90 Å². The molecular weight excluding hydrogens is 282 g/mol. The predicted molar refractivity (Wildman–Crippen MR) is 82.9 cm³/mol. The van der Waals surface area contributed by atoms with E-state index in [4.69, 9.17) is 5.11 Å². The number of aliphatic hydroxyl groups excluding tert-OH is 1. The fraction of sp³-hybridized carbons (Fsp3) is 0.733. The molecule has 0 unspecified atom stereocenters. The Labute approximate surface area is 132 Å². The molecule has 22 heavy (non-hydrogen) atoms. The Morgan fingerprint density at radius 2 is 1.77 bits per heavy atom. The molecule has 0 bridgehead atoms. The summed E-state index contributed by atoms with van der Waals surface area (Å²) in [5.41, 5.74) is 0.222. The van der Waals surface area contributed by atoms with Gasteiger partial charge >= 0.3 is 0 Å². The van der Waals surface area contributed by atoms with E-state index in [-0.39, 0.29) is 18.1 Å². The zero-order valence-corrected chi connectivity index (χ0v) is 13.2. The lowest BCUT2D eigenvalue weighted by molar-refractivity contribution is -0.128. The van der Waals surface area contributed by atoms with Crippen LogP contribution in [0.1, 0.15) is 0 Å². The summed E-state index contributed by atoms with van der Waals surface area (Å²) in [4.78, 5) is 20.6. The van der Waals surface area contributed by atoms with Crippen LogP contribution >= 0.6 is 0 Å². The number of aliphatic hydroxyl groups is 1. The van der Waals surface area contributed by atoms with Crippen LogP contribution in [0.15, 0.2) is 11.8 Å². The molecule has 0 radical (unpaired) electrons. The molecule has 0 aromatic heterocycles. The minimum atomic E-state index is -0.159. The highest BCUT2D eigenvalue weighted by Crippen LogP contribution is 2.09. The van der Waals surface area contributed by atoms with E-state index in [1.165, 1.54) is 0 Å². The van der Waals surface area contributed by atoms with Gasteiger partial charge in [-0.15, -0.1) is 0 Å². The first-order valence-corrected chi connectivity index (χ1v) is 7.81. The molecule has 7 heteroatoms. The molecule has 2 aliphatic heterocycles. The van der Waals surface area contributed by atoms with Gasteiger partial charge in [-0.2, -0.15) is 5.26 Å². The second-order valence-corrected chi connectivity index (χ2v) is 5.85. The van der Waals surface area contributed by atoms with Crippen LogP contribution in [0.5, 0.6) is 0 Å². The molecule has 0 aromatic rings. The molecule has 0 aliphatic carbocycles. The molecule has 1 N–H and O–H groups in total. The maximum absolute atomic E-state index is 12.4. The molecule has 2 rings (SSSR count). The maximum atomic E-state index is 12.4. The van der Waals surface area contributed by atoms with Crippen LogP contribution in [0, 0.1) is 11.3 Å². The molecule has 0 spiro atoms. The number of amides is 1. The summed E-state index contributed by atoms with van der Waals surface area (Å²) in [7, 11) is 2.04. The first kappa shape index (κ1) is 16.7. The van der Waals surface area contributed by atoms with Crippen LogP contribution < -0.4 is 0 Å². The number of carbonyl (C=O) groups excluding carboxylic acids is 1. The van der Waals surface area contributed by atoms with E-state index >= 15 is 0 Å². The summed E-state index contributed by atoms with van der Waals surface area (Å²) in [5.74, 6) is -0.159. The third-order valence-electron chi connectivity index (χ3n) is 4.28. The first-order valence-electron chi connectivity index (χ1n) is 7.81. The quantitative estimate of drug-likeness (QED) is 0.518. The van der Waals surface area contributed by atoms with Crippen molar-refractivity contribution in [2.45, 2.75) is 0 Å². The molecule has 7 nitrogen and oxygen atoms in total. The second-order valence-electron chi connectivity index (χ2n) is 5.85. The van der Waals surface area contributed by atoms with Crippen LogP contribution in [-0.2, 0) is 4.79 Å². The van der Waals surface area contributed by atoms with Crippen LogP contribution in [0.4, 0.5) is 0 Å². The largest absolute Gasteiger partial charge is 0.395 e. The van der Waals surface area contributed by atoms with Gasteiger partial charge in [-0.05, 0) is 7.05 Å². The van der Waals surface area contributed by atoms with Crippen molar-refractivity contribution >= 4 is 5.91 Å². The summed E-state index contributed by atoms with van der Waals surface area (Å²) in [6.07, 6.45) is 1.71. The van der Waals surface area contributed by atoms with Gasteiger partial charge in [0.25, 0.3) is 5.91 Å². The number of hydrogen-bond acceptors (Lipinski definition) is 6. The molecular formula is C15H25N5O2. The molecule has 2 aliphatic rings. The lowest BCUT2D eigenvalue weighted by Gasteiger charge is -2.34. The number of β-amino-alcohol motifs (C(OH)–C–C–N with tert-alkyl or cyclic N) is 1. The van der Waals surface area contributed by atoms with E-state index in [1.54, 1.807) is 11.1 Å². The van der Waals surface area contributed by atoms with Gasteiger partial charge in [0.1, 0.15) is 11.6 Å². The Kier molecular flexibility index (Phi) is 6.19. The van der Waals surface area contributed by atoms with Gasteiger partial charge in [0, 0.05) is 65.1 Å². The van der Waals surface area contributed by atoms with Crippen LogP contribution in [0.25, 0.3) is 0 Å². The summed E-state index contributed by atoms with van der Waals surface area (Å²) in [6, 6.07) is 2.06. The molecule has 2 heterocycles. The third kappa shape index (κ3) is 4.44. The minimum absolute atomic E-state index is 0.159. The second kappa shape index (κ2) is 8.13. The van der Waals surface area contributed by atoms with E-state index < -0.39 is 0 Å². The van der Waals surface area contributed by atoms with Crippen molar-refractivity contribution in [3.05, 3.63) is 11.8 Å². The number of piperazine rings is 2. The first-order chi connectivity index (χ1) is 10.6. The number of nitrogens with zero attached hydrogens (tertiary/aromatic N) is 5. The van der Waals surface area contributed by atoms with Gasteiger partial charge in [0.15, 0.2) is 0 Å². The number of likely N-dealkylation sites (N-methyl/N-ethyl adjacent to an activating group) is 1. The fourth-order valence-electron chi connectivity index (χ4n) is 2.75. The molecule has 2 saturated heterocycles. The summed E-state index contributed by atoms with van der Waals surface area (Å²) in [6.45, 7) is 7.16. The molecule has 0 saturated carbocycles. The zero-order chi connectivity index (χ0) is 15.9. The Balaban J connectivity index is 1.91. The van der Waals surface area contributed by atoms with E-state index in [0.717, 1.165) is 39.3 Å². The average molecular weight is 307 g/mol. The van der Waals surface area contributed by atoms with Gasteiger partial charge in [-0.3, -0.25) is 9.69 Å². The predicted octanol–water partition coefficient (Wildman–Crippen LogP) is -1.22. The summed E-state index contributed by atoms with van der Waals surface area (Å²) in [5, 5.41) is 18.2. The smallest absolute Gasteiger partial charge is 0.266 e. The molecule has 2 fully saturated rings. The van der Waals surface area contributed by atoms with Crippen LogP contribution in [0.3, 0.4) is 0 Å². The maximum Gasteiger partial charge on any atom is 0.266 e. The van der Waals surface area contributed by atoms with Gasteiger partial charge in [-0.1, -0.05) is 0 Å². The number of hydrogen-bond donors (Lipinski definition) is 1. The summed E-state index contributed by atoms with van der Waals surface area (Å²) >= 11 is 0. The van der Waals surface area contributed by atoms with E-state index in [0.29, 0.717) is 19.6 Å². The van der Waals surface area contributed by atoms with Gasteiger partial charge in [0.2, 0.25) is 0 Å². The van der Waals surface area contributed by atoms with E-state index in [2.05, 4.69) is 15.9 Å². The summed E-state index contributed by atoms with van der Waals surface area (Å²) < 4.78 is 0. The number of rotatable bonds is 4. The lowest BCUT2D eigenvalue weighted by Crippen LogP contribution is -2.48. The number of carbonyl (C=O) groups is 1. The van der Waals surface area contributed by atoms with Gasteiger partial charge < -0.3 is 19.8 Å². The standard InChI is InChI=1S/C15H25N5O2/c1-17-2-8-20(9-3-17)15(22)14(12-16)13-19-6-4-18(5-7-19)10-11-21/h13,21H,2-11H2,1H3/b14-13-. The van der Waals surface area contributed by atoms with Crippen molar-refractivity contribution in [1.29, 1.82) is 5.26 Å². The Hall–Kier alpha value is -1.62. The Bertz CT molecular complexity index is 443. The van der Waals surface area contributed by atoms with Crippen LogP contribution in [-0.4, -0.2) is 103 Å². The SMILES string of the molecule is CN1CCN(C(=O)/C(C#N)=C\N2CCN(CCO)CC2)CC1. The van der Waals surface area contributed by atoms with E-state index in [1.807, 2.05) is 11.9 Å². The monoisotopic (exact) mass is 307 g/mol. The van der Waals surface area contributed by atoms with Crippen molar-refractivity contribution in [2.24, 2.45) is 0 Å². The van der Waals surface area contributed by atoms with Crippen molar-refractivity contribution in [3.63, 3.8) is 0 Å². The average Bonchev–Trinajstić information content (AvgIpc) is 2.54. The lowest BCUT2D eigenvalue weighted by atomic mass is 10.2. The third-order valence-corrected chi connectivity index (χ3v) is 4.28.